The first-order chi connectivity index (χ1) is 14.2. The molecule has 1 amide bonds. The number of amides is 1. The van der Waals surface area contributed by atoms with E-state index in [1.807, 2.05) is 39.0 Å². The number of rotatable bonds is 7. The summed E-state index contributed by atoms with van der Waals surface area (Å²) in [6.07, 6.45) is 6.54. The molecule has 30 heavy (non-hydrogen) atoms. The lowest BCUT2D eigenvalue weighted by molar-refractivity contribution is -0.120. The predicted octanol–water partition coefficient (Wildman–Crippen LogP) is 4.22. The number of sulfonamides is 1. The highest BCUT2D eigenvalue weighted by atomic mass is 32.2. The van der Waals surface area contributed by atoms with E-state index in [1.165, 1.54) is 28.3 Å². The minimum atomic E-state index is -3.60. The molecule has 3 rings (SSSR count). The second-order valence-electron chi connectivity index (χ2n) is 8.32. The van der Waals surface area contributed by atoms with Gasteiger partial charge >= 0.3 is 0 Å². The number of nitrogens with zero attached hydrogens (tertiary/aromatic N) is 1. The van der Waals surface area contributed by atoms with Crippen LogP contribution in [-0.4, -0.2) is 27.1 Å². The second-order valence-corrected chi connectivity index (χ2v) is 10.2. The van der Waals surface area contributed by atoms with E-state index in [-0.39, 0.29) is 18.5 Å². The highest BCUT2D eigenvalue weighted by Crippen LogP contribution is 2.27. The molecule has 1 aliphatic rings. The maximum absolute atomic E-state index is 12.9. The quantitative estimate of drug-likeness (QED) is 0.718. The standard InChI is InChI=1S/C24H32N2O3S/c1-5-22(21-13-12-19-8-6-7-9-20(19)15-21)25-24(27)16-26(30(4,28)29)23-14-17(2)10-11-18(23)3/h10-15,22H,5-9,16H2,1-4H3,(H,25,27)/t22-/m0/s1. The summed E-state index contributed by atoms with van der Waals surface area (Å²) >= 11 is 0. The van der Waals surface area contributed by atoms with E-state index in [0.29, 0.717) is 5.69 Å². The molecule has 5 nitrogen and oxygen atoms in total. The van der Waals surface area contributed by atoms with Crippen molar-refractivity contribution in [3.05, 3.63) is 64.2 Å². The number of carbonyl (C=O) groups is 1. The zero-order valence-corrected chi connectivity index (χ0v) is 19.2. The van der Waals surface area contributed by atoms with Gasteiger partial charge < -0.3 is 5.32 Å². The van der Waals surface area contributed by atoms with Crippen LogP contribution in [0.25, 0.3) is 0 Å². The summed E-state index contributed by atoms with van der Waals surface area (Å²) in [5.41, 5.74) is 6.19. The van der Waals surface area contributed by atoms with Crippen molar-refractivity contribution in [2.24, 2.45) is 0 Å². The predicted molar refractivity (Wildman–Crippen MR) is 122 cm³/mol. The van der Waals surface area contributed by atoms with Crippen LogP contribution in [0.4, 0.5) is 5.69 Å². The van der Waals surface area contributed by atoms with Crippen LogP contribution < -0.4 is 9.62 Å². The van der Waals surface area contributed by atoms with E-state index < -0.39 is 10.0 Å². The van der Waals surface area contributed by atoms with Crippen LogP contribution in [0.3, 0.4) is 0 Å². The van der Waals surface area contributed by atoms with Crippen molar-refractivity contribution in [1.82, 2.24) is 5.32 Å². The Bertz CT molecular complexity index is 1030. The van der Waals surface area contributed by atoms with Crippen molar-refractivity contribution in [3.8, 4) is 0 Å². The maximum Gasteiger partial charge on any atom is 0.241 e. The second kappa shape index (κ2) is 9.21. The van der Waals surface area contributed by atoms with Gasteiger partial charge in [0, 0.05) is 0 Å². The molecule has 0 bridgehead atoms. The van der Waals surface area contributed by atoms with Crippen molar-refractivity contribution in [2.45, 2.75) is 58.9 Å². The van der Waals surface area contributed by atoms with E-state index in [9.17, 15) is 13.2 Å². The lowest BCUT2D eigenvalue weighted by Crippen LogP contribution is -2.41. The van der Waals surface area contributed by atoms with Crippen LogP contribution in [0, 0.1) is 13.8 Å². The van der Waals surface area contributed by atoms with E-state index in [1.54, 1.807) is 0 Å². The Hall–Kier alpha value is -2.34. The van der Waals surface area contributed by atoms with Gasteiger partial charge in [-0.2, -0.15) is 0 Å². The van der Waals surface area contributed by atoms with E-state index >= 15 is 0 Å². The van der Waals surface area contributed by atoms with Crippen molar-refractivity contribution in [2.75, 3.05) is 17.1 Å². The average Bonchev–Trinajstić information content (AvgIpc) is 2.71. The van der Waals surface area contributed by atoms with Crippen molar-refractivity contribution >= 4 is 21.6 Å². The lowest BCUT2D eigenvalue weighted by atomic mass is 9.89. The summed E-state index contributed by atoms with van der Waals surface area (Å²) < 4.78 is 26.1. The number of anilines is 1. The van der Waals surface area contributed by atoms with Gasteiger partial charge in [0.1, 0.15) is 6.54 Å². The molecule has 0 radical (unpaired) electrons. The molecule has 0 aliphatic heterocycles. The third kappa shape index (κ3) is 5.22. The zero-order chi connectivity index (χ0) is 21.9. The summed E-state index contributed by atoms with van der Waals surface area (Å²) in [5.74, 6) is -0.300. The summed E-state index contributed by atoms with van der Waals surface area (Å²) in [6, 6.07) is 12.0. The molecular weight excluding hydrogens is 396 g/mol. The third-order valence-corrected chi connectivity index (χ3v) is 6.97. The topological polar surface area (TPSA) is 66.5 Å². The highest BCUT2D eigenvalue weighted by molar-refractivity contribution is 7.92. The molecule has 0 spiro atoms. The summed E-state index contributed by atoms with van der Waals surface area (Å²) in [5, 5.41) is 3.05. The lowest BCUT2D eigenvalue weighted by Gasteiger charge is -2.26. The molecule has 6 heteroatoms. The van der Waals surface area contributed by atoms with Gasteiger partial charge in [-0.05, 0) is 79.8 Å². The molecule has 0 unspecified atom stereocenters. The molecular formula is C24H32N2O3S. The van der Waals surface area contributed by atoms with Crippen LogP contribution in [-0.2, 0) is 27.7 Å². The minimum absolute atomic E-state index is 0.134. The number of fused-ring (bicyclic) bond motifs is 1. The van der Waals surface area contributed by atoms with Gasteiger partial charge in [0.05, 0.1) is 18.0 Å². The molecule has 2 aromatic rings. The summed E-state index contributed by atoms with van der Waals surface area (Å²) in [4.78, 5) is 12.9. The van der Waals surface area contributed by atoms with E-state index in [2.05, 4.69) is 23.5 Å². The number of hydrogen-bond acceptors (Lipinski definition) is 3. The van der Waals surface area contributed by atoms with Crippen molar-refractivity contribution < 1.29 is 13.2 Å². The van der Waals surface area contributed by atoms with Crippen molar-refractivity contribution in [3.63, 3.8) is 0 Å². The van der Waals surface area contributed by atoms with Gasteiger partial charge in [0.25, 0.3) is 0 Å². The Labute approximate surface area is 180 Å². The highest BCUT2D eigenvalue weighted by Gasteiger charge is 2.24. The number of carbonyl (C=O) groups excluding carboxylic acids is 1. The first kappa shape index (κ1) is 22.3. The Morgan fingerprint density at radius 2 is 1.77 bits per heavy atom. The number of nitrogens with one attached hydrogen (secondary N) is 1. The van der Waals surface area contributed by atoms with Crippen LogP contribution in [0.1, 0.15) is 60.0 Å². The number of aryl methyl sites for hydroxylation is 4. The Morgan fingerprint density at radius 1 is 1.07 bits per heavy atom. The Morgan fingerprint density at radius 3 is 2.43 bits per heavy atom. The van der Waals surface area contributed by atoms with Crippen LogP contribution in [0.5, 0.6) is 0 Å². The number of benzene rings is 2. The molecule has 1 N–H and O–H groups in total. The molecule has 0 aromatic heterocycles. The Balaban J connectivity index is 1.79. The molecule has 0 saturated carbocycles. The van der Waals surface area contributed by atoms with Gasteiger partial charge in [0.15, 0.2) is 0 Å². The van der Waals surface area contributed by atoms with Crippen LogP contribution >= 0.6 is 0 Å². The zero-order valence-electron chi connectivity index (χ0n) is 18.4. The van der Waals surface area contributed by atoms with Gasteiger partial charge in [0.2, 0.25) is 15.9 Å². The molecule has 0 heterocycles. The van der Waals surface area contributed by atoms with E-state index in [4.69, 9.17) is 0 Å². The van der Waals surface area contributed by atoms with Gasteiger partial charge in [-0.3, -0.25) is 9.10 Å². The Kier molecular flexibility index (Phi) is 6.86. The fraction of sp³-hybridized carbons (Fsp3) is 0.458. The molecule has 0 fully saturated rings. The normalized spacial score (nSPS) is 14.7. The molecule has 0 saturated heterocycles. The van der Waals surface area contributed by atoms with Gasteiger partial charge in [-0.25, -0.2) is 8.42 Å². The van der Waals surface area contributed by atoms with Crippen LogP contribution in [0.2, 0.25) is 0 Å². The fourth-order valence-corrected chi connectivity index (χ4v) is 5.04. The smallest absolute Gasteiger partial charge is 0.241 e. The molecule has 162 valence electrons. The maximum atomic E-state index is 12.9. The number of hydrogen-bond donors (Lipinski definition) is 1. The van der Waals surface area contributed by atoms with Gasteiger partial charge in [-0.15, -0.1) is 0 Å². The summed E-state index contributed by atoms with van der Waals surface area (Å²) in [7, 11) is -3.60. The first-order valence-electron chi connectivity index (χ1n) is 10.6. The molecule has 1 atom stereocenters. The third-order valence-electron chi connectivity index (χ3n) is 5.84. The minimum Gasteiger partial charge on any atom is -0.348 e. The molecule has 1 aliphatic carbocycles. The van der Waals surface area contributed by atoms with Crippen molar-refractivity contribution in [1.29, 1.82) is 0 Å². The molecule has 2 aromatic carbocycles. The van der Waals surface area contributed by atoms with Gasteiger partial charge in [-0.1, -0.05) is 37.3 Å². The van der Waals surface area contributed by atoms with E-state index in [0.717, 1.165) is 42.2 Å². The van der Waals surface area contributed by atoms with Crippen LogP contribution in [0.15, 0.2) is 36.4 Å². The monoisotopic (exact) mass is 428 g/mol. The average molecular weight is 429 g/mol. The SMILES string of the molecule is CC[C@H](NC(=O)CN(c1cc(C)ccc1C)S(C)(=O)=O)c1ccc2c(c1)CCCC2. The summed E-state index contributed by atoms with van der Waals surface area (Å²) in [6.45, 7) is 5.56. The largest absolute Gasteiger partial charge is 0.348 e. The first-order valence-corrected chi connectivity index (χ1v) is 12.5. The fourth-order valence-electron chi connectivity index (χ4n) is 4.13.